The molecule has 1 rings (SSSR count). The summed E-state index contributed by atoms with van der Waals surface area (Å²) in [4.78, 5) is 0. The molecular weight excluding hydrogens is 222 g/mol. The first-order valence-corrected chi connectivity index (χ1v) is 7.16. The largest absolute Gasteiger partial charge is 0.212 e. The Morgan fingerprint density at radius 1 is 1.25 bits per heavy atom. The maximum Gasteiger partial charge on any atom is 0.211 e. The first kappa shape index (κ1) is 13.2. The van der Waals surface area contributed by atoms with Crippen LogP contribution >= 0.6 is 0 Å². The topological polar surface area (TPSA) is 46.2 Å². The molecule has 0 saturated carbocycles. The summed E-state index contributed by atoms with van der Waals surface area (Å²) in [5.74, 6) is 0.527. The lowest BCUT2D eigenvalue weighted by atomic mass is 9.97. The Hall–Kier alpha value is -0.870. The van der Waals surface area contributed by atoms with Gasteiger partial charge in [0.05, 0.1) is 5.75 Å². The number of nitrogens with one attached hydrogen (secondary N) is 1. The van der Waals surface area contributed by atoms with Crippen LogP contribution in [0.5, 0.6) is 0 Å². The van der Waals surface area contributed by atoms with Crippen molar-refractivity contribution in [2.24, 2.45) is 0 Å². The van der Waals surface area contributed by atoms with E-state index in [1.165, 1.54) is 5.56 Å². The molecule has 16 heavy (non-hydrogen) atoms. The molecule has 90 valence electrons. The molecule has 4 heteroatoms. The summed E-state index contributed by atoms with van der Waals surface area (Å²) in [6, 6.07) is 7.92. The van der Waals surface area contributed by atoms with E-state index in [0.717, 1.165) is 5.56 Å². The molecule has 0 atom stereocenters. The second-order valence-corrected chi connectivity index (χ2v) is 6.17. The van der Waals surface area contributed by atoms with E-state index in [4.69, 9.17) is 0 Å². The van der Waals surface area contributed by atoms with Gasteiger partial charge in [-0.25, -0.2) is 13.1 Å². The fourth-order valence-corrected chi connectivity index (χ4v) is 2.13. The summed E-state index contributed by atoms with van der Waals surface area (Å²) in [6.07, 6.45) is 0. The van der Waals surface area contributed by atoms with Crippen LogP contribution in [0.15, 0.2) is 24.3 Å². The number of rotatable bonds is 5. The quantitative estimate of drug-likeness (QED) is 0.859. The molecule has 0 bridgehead atoms. The Morgan fingerprint density at radius 2 is 1.88 bits per heavy atom. The maximum absolute atomic E-state index is 11.3. The van der Waals surface area contributed by atoms with Crippen LogP contribution in [0.1, 0.15) is 37.8 Å². The zero-order chi connectivity index (χ0) is 12.2. The molecule has 0 heterocycles. The normalized spacial score (nSPS) is 12.0. The maximum atomic E-state index is 11.3. The minimum Gasteiger partial charge on any atom is -0.212 e. The SMILES string of the molecule is CCS(=O)(=O)NCc1ccccc1C(C)C. The van der Waals surface area contributed by atoms with Gasteiger partial charge in [-0.3, -0.25) is 0 Å². The molecule has 0 aromatic heterocycles. The van der Waals surface area contributed by atoms with Gasteiger partial charge in [-0.15, -0.1) is 0 Å². The Balaban J connectivity index is 2.82. The van der Waals surface area contributed by atoms with Gasteiger partial charge in [0.2, 0.25) is 10.0 Å². The van der Waals surface area contributed by atoms with E-state index in [0.29, 0.717) is 12.5 Å². The summed E-state index contributed by atoms with van der Waals surface area (Å²) in [7, 11) is -3.11. The van der Waals surface area contributed by atoms with Crippen LogP contribution in [-0.2, 0) is 16.6 Å². The zero-order valence-electron chi connectivity index (χ0n) is 10.0. The van der Waals surface area contributed by atoms with Gasteiger partial charge >= 0.3 is 0 Å². The molecule has 0 saturated heterocycles. The predicted molar refractivity (Wildman–Crippen MR) is 66.8 cm³/mol. The van der Waals surface area contributed by atoms with E-state index in [-0.39, 0.29) is 5.75 Å². The molecule has 0 unspecified atom stereocenters. The highest BCUT2D eigenvalue weighted by molar-refractivity contribution is 7.89. The van der Waals surface area contributed by atoms with Gasteiger partial charge in [-0.05, 0) is 24.0 Å². The van der Waals surface area contributed by atoms with Crippen molar-refractivity contribution in [2.45, 2.75) is 33.2 Å². The number of hydrogen-bond donors (Lipinski definition) is 1. The first-order valence-electron chi connectivity index (χ1n) is 5.51. The van der Waals surface area contributed by atoms with Crippen LogP contribution in [0.3, 0.4) is 0 Å². The van der Waals surface area contributed by atoms with Crippen molar-refractivity contribution < 1.29 is 8.42 Å². The van der Waals surface area contributed by atoms with E-state index < -0.39 is 10.0 Å². The predicted octanol–water partition coefficient (Wildman–Crippen LogP) is 2.25. The number of hydrogen-bond acceptors (Lipinski definition) is 2. The fourth-order valence-electron chi connectivity index (χ4n) is 1.55. The minimum atomic E-state index is -3.11. The van der Waals surface area contributed by atoms with Gasteiger partial charge in [0.25, 0.3) is 0 Å². The standard InChI is InChI=1S/C12H19NO2S/c1-4-16(14,15)13-9-11-7-5-6-8-12(11)10(2)3/h5-8,10,13H,4,9H2,1-3H3. The van der Waals surface area contributed by atoms with E-state index in [9.17, 15) is 8.42 Å². The molecular formula is C12H19NO2S. The third-order valence-electron chi connectivity index (χ3n) is 2.54. The monoisotopic (exact) mass is 241 g/mol. The third kappa shape index (κ3) is 3.61. The van der Waals surface area contributed by atoms with Crippen molar-refractivity contribution in [1.29, 1.82) is 0 Å². The van der Waals surface area contributed by atoms with Crippen LogP contribution in [0.2, 0.25) is 0 Å². The molecule has 0 aliphatic rings. The van der Waals surface area contributed by atoms with Gasteiger partial charge in [-0.2, -0.15) is 0 Å². The Labute approximate surface area is 97.9 Å². The molecule has 0 amide bonds. The highest BCUT2D eigenvalue weighted by Gasteiger charge is 2.09. The van der Waals surface area contributed by atoms with E-state index in [1.807, 2.05) is 24.3 Å². The Kier molecular flexibility index (Phi) is 4.50. The van der Waals surface area contributed by atoms with Crippen LogP contribution in [-0.4, -0.2) is 14.2 Å². The molecule has 0 aliphatic carbocycles. The smallest absolute Gasteiger partial charge is 0.211 e. The van der Waals surface area contributed by atoms with Gasteiger partial charge in [0, 0.05) is 6.54 Å². The molecule has 0 radical (unpaired) electrons. The van der Waals surface area contributed by atoms with Crippen molar-refractivity contribution in [3.8, 4) is 0 Å². The molecule has 0 spiro atoms. The number of benzene rings is 1. The van der Waals surface area contributed by atoms with Gasteiger partial charge in [0.1, 0.15) is 0 Å². The average molecular weight is 241 g/mol. The lowest BCUT2D eigenvalue weighted by Gasteiger charge is -2.12. The van der Waals surface area contributed by atoms with E-state index >= 15 is 0 Å². The second-order valence-electron chi connectivity index (χ2n) is 4.08. The minimum absolute atomic E-state index is 0.122. The van der Waals surface area contributed by atoms with Crippen LogP contribution in [0.25, 0.3) is 0 Å². The second kappa shape index (κ2) is 5.46. The summed E-state index contributed by atoms with van der Waals surface area (Å²) in [6.45, 7) is 6.22. The summed E-state index contributed by atoms with van der Waals surface area (Å²) < 4.78 is 25.3. The van der Waals surface area contributed by atoms with Crippen molar-refractivity contribution in [2.75, 3.05) is 5.75 Å². The van der Waals surface area contributed by atoms with Gasteiger partial charge in [0.15, 0.2) is 0 Å². The molecule has 0 fully saturated rings. The Morgan fingerprint density at radius 3 is 2.44 bits per heavy atom. The highest BCUT2D eigenvalue weighted by Crippen LogP contribution is 2.18. The summed E-state index contributed by atoms with van der Waals surface area (Å²) in [5.41, 5.74) is 2.25. The van der Waals surface area contributed by atoms with Crippen molar-refractivity contribution in [3.05, 3.63) is 35.4 Å². The van der Waals surface area contributed by atoms with Crippen LogP contribution in [0, 0.1) is 0 Å². The van der Waals surface area contributed by atoms with Crippen molar-refractivity contribution >= 4 is 10.0 Å². The summed E-state index contributed by atoms with van der Waals surface area (Å²) >= 11 is 0. The lowest BCUT2D eigenvalue weighted by molar-refractivity contribution is 0.582. The van der Waals surface area contributed by atoms with E-state index in [1.54, 1.807) is 6.92 Å². The zero-order valence-corrected chi connectivity index (χ0v) is 10.8. The summed E-state index contributed by atoms with van der Waals surface area (Å²) in [5, 5.41) is 0. The van der Waals surface area contributed by atoms with Crippen molar-refractivity contribution in [1.82, 2.24) is 4.72 Å². The lowest BCUT2D eigenvalue weighted by Crippen LogP contribution is -2.25. The molecule has 0 aliphatic heterocycles. The van der Waals surface area contributed by atoms with Crippen molar-refractivity contribution in [3.63, 3.8) is 0 Å². The molecule has 1 N–H and O–H groups in total. The van der Waals surface area contributed by atoms with Gasteiger partial charge < -0.3 is 0 Å². The fraction of sp³-hybridized carbons (Fsp3) is 0.500. The van der Waals surface area contributed by atoms with Crippen LogP contribution in [0.4, 0.5) is 0 Å². The molecule has 1 aromatic rings. The van der Waals surface area contributed by atoms with Gasteiger partial charge in [-0.1, -0.05) is 38.1 Å². The highest BCUT2D eigenvalue weighted by atomic mass is 32.2. The third-order valence-corrected chi connectivity index (χ3v) is 3.88. The van der Waals surface area contributed by atoms with Crippen LogP contribution < -0.4 is 4.72 Å². The molecule has 3 nitrogen and oxygen atoms in total. The average Bonchev–Trinajstić information content (AvgIpc) is 2.27. The first-order chi connectivity index (χ1) is 7.46. The Bertz CT molecular complexity index is 438. The van der Waals surface area contributed by atoms with E-state index in [2.05, 4.69) is 18.6 Å². The number of sulfonamides is 1. The molecule has 1 aromatic carbocycles.